The van der Waals surface area contributed by atoms with Crippen molar-refractivity contribution in [1.29, 1.82) is 0 Å². The number of hydrogen-bond donors (Lipinski definition) is 3. The van der Waals surface area contributed by atoms with E-state index in [0.29, 0.717) is 41.2 Å². The third-order valence-corrected chi connectivity index (χ3v) is 5.97. The normalized spacial score (nSPS) is 15.1. The number of halogens is 3. The summed E-state index contributed by atoms with van der Waals surface area (Å²) >= 11 is 0. The van der Waals surface area contributed by atoms with Gasteiger partial charge in [0.1, 0.15) is 11.6 Å². The first-order chi connectivity index (χ1) is 16.4. The Bertz CT molecular complexity index is 1340. The summed E-state index contributed by atoms with van der Waals surface area (Å²) in [7, 11) is 0. The fourth-order valence-electron chi connectivity index (χ4n) is 4.15. The molecular formula is C24H25F3N6O2. The van der Waals surface area contributed by atoms with Crippen molar-refractivity contribution >= 4 is 34.2 Å². The smallest absolute Gasteiger partial charge is 0.416 e. The number of carbonyl (C=O) groups is 1. The molecule has 11 heteroatoms. The largest absolute Gasteiger partial charge is 0.465 e. The molecule has 0 fully saturated rings. The summed E-state index contributed by atoms with van der Waals surface area (Å²) in [5.41, 5.74) is 8.34. The fraction of sp³-hybridized carbons (Fsp3) is 0.333. The molecule has 4 N–H and O–H groups in total. The molecule has 1 aliphatic rings. The van der Waals surface area contributed by atoms with Gasteiger partial charge >= 0.3 is 12.3 Å². The molecular weight excluding hydrogens is 461 g/mol. The van der Waals surface area contributed by atoms with Crippen LogP contribution in [0.4, 0.5) is 29.5 Å². The van der Waals surface area contributed by atoms with Crippen LogP contribution < -0.4 is 11.1 Å². The zero-order valence-corrected chi connectivity index (χ0v) is 19.4. The van der Waals surface area contributed by atoms with E-state index in [0.717, 1.165) is 29.0 Å². The molecule has 0 radical (unpaired) electrons. The summed E-state index contributed by atoms with van der Waals surface area (Å²) in [6, 6.07) is 4.83. The Hall–Kier alpha value is -3.89. The highest BCUT2D eigenvalue weighted by Gasteiger charge is 2.31. The van der Waals surface area contributed by atoms with Gasteiger partial charge in [0.05, 0.1) is 17.0 Å². The summed E-state index contributed by atoms with van der Waals surface area (Å²) in [6.07, 6.45) is -3.07. The molecule has 0 saturated carbocycles. The molecule has 0 saturated heterocycles. The van der Waals surface area contributed by atoms with Crippen LogP contribution in [0.3, 0.4) is 0 Å². The number of pyridine rings is 1. The summed E-state index contributed by atoms with van der Waals surface area (Å²) in [4.78, 5) is 26.1. The fourth-order valence-corrected chi connectivity index (χ4v) is 4.15. The van der Waals surface area contributed by atoms with Crippen LogP contribution in [-0.2, 0) is 6.18 Å². The number of anilines is 2. The van der Waals surface area contributed by atoms with Crippen LogP contribution in [0.25, 0.3) is 16.6 Å². The van der Waals surface area contributed by atoms with Gasteiger partial charge in [0.25, 0.3) is 0 Å². The molecule has 0 aliphatic carbocycles. The number of benzene rings is 1. The lowest BCUT2D eigenvalue weighted by molar-refractivity contribution is -0.137. The van der Waals surface area contributed by atoms with Gasteiger partial charge in [0.15, 0.2) is 5.65 Å². The Balaban J connectivity index is 1.72. The van der Waals surface area contributed by atoms with Crippen molar-refractivity contribution in [1.82, 2.24) is 19.9 Å². The minimum absolute atomic E-state index is 0.0198. The molecule has 35 heavy (non-hydrogen) atoms. The highest BCUT2D eigenvalue weighted by atomic mass is 19.4. The number of hydrogen-bond acceptors (Lipinski definition) is 6. The summed E-state index contributed by atoms with van der Waals surface area (Å²) in [6.45, 7) is 5.96. The molecule has 1 aromatic carbocycles. The minimum Gasteiger partial charge on any atom is -0.465 e. The van der Waals surface area contributed by atoms with Crippen LogP contribution in [0, 0.1) is 13.8 Å². The molecule has 1 atom stereocenters. The minimum atomic E-state index is -4.51. The molecule has 1 amide bonds. The number of amides is 1. The molecule has 8 nitrogen and oxygen atoms in total. The number of nitrogen functional groups attached to an aromatic ring is 1. The van der Waals surface area contributed by atoms with E-state index in [2.05, 4.69) is 20.3 Å². The molecule has 0 spiro atoms. The number of aryl methyl sites for hydroxylation is 2. The first-order valence-corrected chi connectivity index (χ1v) is 11.0. The number of fused-ring (bicyclic) bond motifs is 1. The van der Waals surface area contributed by atoms with Gasteiger partial charge in [-0.3, -0.25) is 0 Å². The number of nitrogens with zero attached hydrogens (tertiary/aromatic N) is 4. The first-order valence-electron chi connectivity index (χ1n) is 11.0. The van der Waals surface area contributed by atoms with Crippen molar-refractivity contribution in [3.63, 3.8) is 0 Å². The lowest BCUT2D eigenvalue weighted by Gasteiger charge is -2.24. The highest BCUT2D eigenvalue weighted by Crippen LogP contribution is 2.34. The Morgan fingerprint density at radius 1 is 1.17 bits per heavy atom. The second-order valence-corrected chi connectivity index (χ2v) is 8.57. The van der Waals surface area contributed by atoms with E-state index >= 15 is 0 Å². The Labute approximate surface area is 199 Å². The van der Waals surface area contributed by atoms with E-state index in [1.807, 2.05) is 19.1 Å². The monoisotopic (exact) mass is 486 g/mol. The molecule has 2 aromatic heterocycles. The molecule has 1 unspecified atom stereocenters. The van der Waals surface area contributed by atoms with Gasteiger partial charge in [0.2, 0.25) is 0 Å². The van der Waals surface area contributed by atoms with Crippen LogP contribution in [0.1, 0.15) is 47.6 Å². The third kappa shape index (κ3) is 5.13. The van der Waals surface area contributed by atoms with Crippen LogP contribution in [0.2, 0.25) is 0 Å². The predicted octanol–water partition coefficient (Wildman–Crippen LogP) is 5.18. The van der Waals surface area contributed by atoms with Crippen LogP contribution in [0.15, 0.2) is 30.3 Å². The van der Waals surface area contributed by atoms with E-state index in [1.165, 1.54) is 11.0 Å². The second-order valence-electron chi connectivity index (χ2n) is 8.57. The quantitative estimate of drug-likeness (QED) is 0.435. The van der Waals surface area contributed by atoms with E-state index in [1.54, 1.807) is 13.8 Å². The number of alkyl halides is 3. The van der Waals surface area contributed by atoms with Crippen molar-refractivity contribution < 1.29 is 23.1 Å². The number of aromatic nitrogens is 3. The van der Waals surface area contributed by atoms with Crippen molar-refractivity contribution in [3.05, 3.63) is 58.6 Å². The van der Waals surface area contributed by atoms with Gasteiger partial charge in [0, 0.05) is 24.5 Å². The average Bonchev–Trinajstić information content (AvgIpc) is 2.77. The number of rotatable bonds is 4. The van der Waals surface area contributed by atoms with Gasteiger partial charge in [-0.1, -0.05) is 6.08 Å². The van der Waals surface area contributed by atoms with Gasteiger partial charge in [-0.15, -0.1) is 0 Å². The Morgan fingerprint density at radius 2 is 1.91 bits per heavy atom. The van der Waals surface area contributed by atoms with Crippen molar-refractivity contribution in [3.8, 4) is 0 Å². The van der Waals surface area contributed by atoms with E-state index < -0.39 is 23.9 Å². The van der Waals surface area contributed by atoms with Crippen molar-refractivity contribution in [2.75, 3.05) is 24.1 Å². The molecule has 1 aliphatic heterocycles. The molecule has 3 aromatic rings. The average molecular weight is 486 g/mol. The SMILES string of the molecule is Cc1nc(NC(C)c2cc(N)cc(C(F)(F)F)c2)c2cc(C3=CCN(C(=O)O)CC3)c(C)nc2n1. The zero-order chi connectivity index (χ0) is 25.5. The van der Waals surface area contributed by atoms with Gasteiger partial charge in [-0.05, 0) is 68.2 Å². The Kier molecular flexibility index (Phi) is 6.27. The number of carboxylic acid groups (broad SMARTS) is 1. The molecule has 0 bridgehead atoms. The van der Waals surface area contributed by atoms with E-state index in [9.17, 15) is 23.1 Å². The first kappa shape index (κ1) is 24.2. The predicted molar refractivity (Wildman–Crippen MR) is 127 cm³/mol. The lowest BCUT2D eigenvalue weighted by atomic mass is 9.97. The van der Waals surface area contributed by atoms with Crippen LogP contribution >= 0.6 is 0 Å². The summed E-state index contributed by atoms with van der Waals surface area (Å²) in [5.74, 6) is 0.901. The van der Waals surface area contributed by atoms with Crippen LogP contribution in [-0.4, -0.2) is 44.1 Å². The van der Waals surface area contributed by atoms with E-state index in [4.69, 9.17) is 5.73 Å². The van der Waals surface area contributed by atoms with Gasteiger partial charge < -0.3 is 21.1 Å². The maximum atomic E-state index is 13.3. The molecule has 4 rings (SSSR count). The van der Waals surface area contributed by atoms with Gasteiger partial charge in [-0.25, -0.2) is 19.7 Å². The topological polar surface area (TPSA) is 117 Å². The van der Waals surface area contributed by atoms with Crippen LogP contribution in [0.5, 0.6) is 0 Å². The number of nitrogens with two attached hydrogens (primary N) is 1. The second kappa shape index (κ2) is 9.05. The zero-order valence-electron chi connectivity index (χ0n) is 19.4. The standard InChI is InChI=1S/C24H25F3N6O2/c1-12(16-8-17(24(25,26)27)10-18(28)9-16)29-21-20-11-19(13(2)30-22(20)32-14(3)31-21)15-4-6-33(7-5-15)23(34)35/h4,8-12H,5-7,28H2,1-3H3,(H,34,35)(H,29,30,31,32). The summed E-state index contributed by atoms with van der Waals surface area (Å²) < 4.78 is 39.8. The van der Waals surface area contributed by atoms with Crippen molar-refractivity contribution in [2.45, 2.75) is 39.4 Å². The lowest BCUT2D eigenvalue weighted by Crippen LogP contribution is -2.33. The maximum absolute atomic E-state index is 13.3. The molecule has 184 valence electrons. The maximum Gasteiger partial charge on any atom is 0.416 e. The third-order valence-electron chi connectivity index (χ3n) is 5.97. The van der Waals surface area contributed by atoms with E-state index in [-0.39, 0.29) is 12.2 Å². The highest BCUT2D eigenvalue weighted by molar-refractivity contribution is 5.90. The van der Waals surface area contributed by atoms with Gasteiger partial charge in [-0.2, -0.15) is 13.2 Å². The Morgan fingerprint density at radius 3 is 2.54 bits per heavy atom. The summed E-state index contributed by atoms with van der Waals surface area (Å²) in [5, 5.41) is 13.0. The van der Waals surface area contributed by atoms with Crippen molar-refractivity contribution in [2.24, 2.45) is 0 Å². The molecule has 3 heterocycles. The number of nitrogens with one attached hydrogen (secondary N) is 1.